The van der Waals surface area contributed by atoms with Crippen LogP contribution in [0.3, 0.4) is 0 Å². The zero-order chi connectivity index (χ0) is 20.0. The number of carboxylic acid groups (broad SMARTS) is 1. The highest BCUT2D eigenvalue weighted by atomic mass is 19.4. The number of ether oxygens (including phenoxy) is 2. The van der Waals surface area contributed by atoms with E-state index in [9.17, 15) is 18.0 Å². The number of nitrogens with one attached hydrogen (secondary N) is 1. The molecule has 0 bridgehead atoms. The Labute approximate surface area is 150 Å². The molecule has 0 aliphatic carbocycles. The zero-order valence-electron chi connectivity index (χ0n) is 15.3. The Hall–Kier alpha value is -1.55. The Kier molecular flexibility index (Phi) is 8.14. The van der Waals surface area contributed by atoms with E-state index >= 15 is 0 Å². The van der Waals surface area contributed by atoms with Crippen molar-refractivity contribution in [3.05, 3.63) is 0 Å². The third-order valence-corrected chi connectivity index (χ3v) is 3.95. The Balaban J connectivity index is 0.000000412. The van der Waals surface area contributed by atoms with E-state index in [0.717, 1.165) is 45.7 Å². The van der Waals surface area contributed by atoms with Crippen LogP contribution in [-0.4, -0.2) is 72.7 Å². The zero-order valence-corrected chi connectivity index (χ0v) is 15.3. The summed E-state index contributed by atoms with van der Waals surface area (Å²) < 4.78 is 42.6. The molecule has 10 heteroatoms. The maximum Gasteiger partial charge on any atom is 0.490 e. The van der Waals surface area contributed by atoms with Gasteiger partial charge in [-0.05, 0) is 39.5 Å². The summed E-state index contributed by atoms with van der Waals surface area (Å²) in [4.78, 5) is 22.7. The summed E-state index contributed by atoms with van der Waals surface area (Å²) >= 11 is 0. The monoisotopic (exact) mass is 384 g/mol. The topological polar surface area (TPSA) is 88.1 Å². The van der Waals surface area contributed by atoms with Gasteiger partial charge in [0, 0.05) is 25.7 Å². The van der Waals surface area contributed by atoms with E-state index in [1.807, 2.05) is 25.7 Å². The average Bonchev–Trinajstić information content (AvgIpc) is 2.54. The summed E-state index contributed by atoms with van der Waals surface area (Å²) in [6.07, 6.45) is -3.21. The lowest BCUT2D eigenvalue weighted by Crippen LogP contribution is -2.50. The van der Waals surface area contributed by atoms with Gasteiger partial charge in [0.1, 0.15) is 5.60 Å². The minimum Gasteiger partial charge on any atom is -0.475 e. The first-order valence-corrected chi connectivity index (χ1v) is 8.49. The van der Waals surface area contributed by atoms with Gasteiger partial charge < -0.3 is 24.8 Å². The van der Waals surface area contributed by atoms with Crippen LogP contribution in [0.5, 0.6) is 0 Å². The Morgan fingerprint density at radius 1 is 1.19 bits per heavy atom. The molecule has 2 aliphatic heterocycles. The molecule has 0 saturated carbocycles. The number of carbonyl (C=O) groups is 2. The van der Waals surface area contributed by atoms with Crippen molar-refractivity contribution >= 4 is 12.1 Å². The number of piperidine rings is 1. The molecule has 7 nitrogen and oxygen atoms in total. The second kappa shape index (κ2) is 9.40. The third kappa shape index (κ3) is 8.22. The number of carbonyl (C=O) groups excluding carboxylic acids is 1. The lowest BCUT2D eigenvalue weighted by atomic mass is 9.89. The molecular weight excluding hydrogens is 357 g/mol. The molecule has 152 valence electrons. The van der Waals surface area contributed by atoms with Gasteiger partial charge in [-0.2, -0.15) is 13.2 Å². The second-order valence-electron chi connectivity index (χ2n) is 7.24. The summed E-state index contributed by atoms with van der Waals surface area (Å²) in [5, 5.41) is 10.6. The first kappa shape index (κ1) is 22.5. The van der Waals surface area contributed by atoms with Crippen LogP contribution in [0.4, 0.5) is 18.0 Å². The van der Waals surface area contributed by atoms with E-state index in [-0.39, 0.29) is 6.09 Å². The average molecular weight is 384 g/mol. The molecule has 0 radical (unpaired) electrons. The number of aliphatic carboxylic acids is 1. The van der Waals surface area contributed by atoms with Crippen molar-refractivity contribution < 1.29 is 37.3 Å². The van der Waals surface area contributed by atoms with Crippen LogP contribution in [0, 0.1) is 5.92 Å². The molecule has 2 saturated heterocycles. The van der Waals surface area contributed by atoms with Gasteiger partial charge in [-0.1, -0.05) is 0 Å². The van der Waals surface area contributed by atoms with Gasteiger partial charge in [0.2, 0.25) is 0 Å². The summed E-state index contributed by atoms with van der Waals surface area (Å²) in [5.41, 5.74) is -0.410. The normalized spacial score (nSPS) is 22.2. The summed E-state index contributed by atoms with van der Waals surface area (Å²) in [5.74, 6) is -2.15. The molecule has 2 heterocycles. The largest absolute Gasteiger partial charge is 0.490 e. The predicted molar refractivity (Wildman–Crippen MR) is 86.8 cm³/mol. The van der Waals surface area contributed by atoms with Gasteiger partial charge in [0.25, 0.3) is 0 Å². The quantitative estimate of drug-likeness (QED) is 0.721. The number of nitrogens with zero attached hydrogens (tertiary/aromatic N) is 1. The number of alkyl halides is 3. The summed E-state index contributed by atoms with van der Waals surface area (Å²) in [6, 6.07) is 0.453. The molecule has 2 N–H and O–H groups in total. The number of amides is 1. The van der Waals surface area contributed by atoms with E-state index in [0.29, 0.717) is 12.0 Å². The van der Waals surface area contributed by atoms with Crippen LogP contribution in [0.1, 0.15) is 33.6 Å². The van der Waals surface area contributed by atoms with E-state index < -0.39 is 17.7 Å². The minimum absolute atomic E-state index is 0.182. The number of hydrogen-bond donors (Lipinski definition) is 2. The molecular formula is C16H27F3N2O5. The molecule has 2 rings (SSSR count). The lowest BCUT2D eigenvalue weighted by molar-refractivity contribution is -0.192. The predicted octanol–water partition coefficient (Wildman–Crippen LogP) is 2.26. The molecule has 0 aromatic carbocycles. The summed E-state index contributed by atoms with van der Waals surface area (Å²) in [7, 11) is 0. The standard InChI is InChI=1S/C14H26N2O3.C2HF3O2/c1-14(2,3)19-13(17)16-7-4-11(5-8-16)12-10-18-9-6-15-12;3-2(4,5)1(6)7/h11-12,15H,4-10H2,1-3H3;(H,6,7). The van der Waals surface area contributed by atoms with Crippen molar-refractivity contribution in [2.45, 2.75) is 51.4 Å². The van der Waals surface area contributed by atoms with Gasteiger partial charge >= 0.3 is 18.2 Å². The van der Waals surface area contributed by atoms with Crippen molar-refractivity contribution in [3.8, 4) is 0 Å². The van der Waals surface area contributed by atoms with Crippen molar-refractivity contribution in [1.82, 2.24) is 10.2 Å². The van der Waals surface area contributed by atoms with Gasteiger partial charge in [-0.3, -0.25) is 0 Å². The molecule has 0 aromatic heterocycles. The van der Waals surface area contributed by atoms with Gasteiger partial charge in [-0.25, -0.2) is 9.59 Å². The fourth-order valence-electron chi connectivity index (χ4n) is 2.70. The number of rotatable bonds is 1. The second-order valence-corrected chi connectivity index (χ2v) is 7.24. The number of morpholine rings is 1. The van der Waals surface area contributed by atoms with Gasteiger partial charge in [0.05, 0.1) is 13.2 Å². The summed E-state index contributed by atoms with van der Waals surface area (Å²) in [6.45, 7) is 9.85. The van der Waals surface area contributed by atoms with E-state index in [1.165, 1.54) is 0 Å². The maximum absolute atomic E-state index is 12.0. The molecule has 1 unspecified atom stereocenters. The smallest absolute Gasteiger partial charge is 0.475 e. The molecule has 0 aromatic rings. The SMILES string of the molecule is CC(C)(C)OC(=O)N1CCC(C2COCCN2)CC1.O=C(O)C(F)(F)F. The van der Waals surface area contributed by atoms with Crippen LogP contribution in [0.15, 0.2) is 0 Å². The fourth-order valence-corrected chi connectivity index (χ4v) is 2.70. The highest BCUT2D eigenvalue weighted by Gasteiger charge is 2.38. The van der Waals surface area contributed by atoms with Crippen LogP contribution in [0.25, 0.3) is 0 Å². The van der Waals surface area contributed by atoms with E-state index in [1.54, 1.807) is 0 Å². The first-order chi connectivity index (χ1) is 11.9. The number of likely N-dealkylation sites (tertiary alicyclic amines) is 1. The number of carboxylic acids is 1. The van der Waals surface area contributed by atoms with Crippen LogP contribution >= 0.6 is 0 Å². The van der Waals surface area contributed by atoms with E-state index in [4.69, 9.17) is 19.4 Å². The molecule has 2 fully saturated rings. The minimum atomic E-state index is -5.08. The molecule has 1 atom stereocenters. The van der Waals surface area contributed by atoms with Crippen molar-refractivity contribution in [2.75, 3.05) is 32.8 Å². The van der Waals surface area contributed by atoms with E-state index in [2.05, 4.69) is 5.32 Å². The number of hydrogen-bond acceptors (Lipinski definition) is 5. The van der Waals surface area contributed by atoms with Gasteiger partial charge in [-0.15, -0.1) is 0 Å². The maximum atomic E-state index is 12.0. The molecule has 0 spiro atoms. The first-order valence-electron chi connectivity index (χ1n) is 8.49. The lowest BCUT2D eigenvalue weighted by Gasteiger charge is -2.38. The Bertz CT molecular complexity index is 465. The Morgan fingerprint density at radius 2 is 1.73 bits per heavy atom. The fraction of sp³-hybridized carbons (Fsp3) is 0.875. The Morgan fingerprint density at radius 3 is 2.12 bits per heavy atom. The van der Waals surface area contributed by atoms with Crippen molar-refractivity contribution in [2.24, 2.45) is 5.92 Å². The van der Waals surface area contributed by atoms with Crippen LogP contribution in [-0.2, 0) is 14.3 Å². The van der Waals surface area contributed by atoms with Crippen LogP contribution < -0.4 is 5.32 Å². The van der Waals surface area contributed by atoms with Gasteiger partial charge in [0.15, 0.2) is 0 Å². The number of halogens is 3. The highest BCUT2D eigenvalue weighted by Crippen LogP contribution is 2.23. The third-order valence-electron chi connectivity index (χ3n) is 3.95. The van der Waals surface area contributed by atoms with Crippen LogP contribution in [0.2, 0.25) is 0 Å². The highest BCUT2D eigenvalue weighted by molar-refractivity contribution is 5.73. The van der Waals surface area contributed by atoms with Crippen molar-refractivity contribution in [1.29, 1.82) is 0 Å². The molecule has 1 amide bonds. The van der Waals surface area contributed by atoms with Crippen molar-refractivity contribution in [3.63, 3.8) is 0 Å². The molecule has 2 aliphatic rings. The molecule has 26 heavy (non-hydrogen) atoms.